The van der Waals surface area contributed by atoms with Crippen LogP contribution in [-0.2, 0) is 0 Å². The summed E-state index contributed by atoms with van der Waals surface area (Å²) in [4.78, 5) is 19.3. The summed E-state index contributed by atoms with van der Waals surface area (Å²) in [6.07, 6.45) is 1.67. The molecule has 0 radical (unpaired) electrons. The topological polar surface area (TPSA) is 66.0 Å². The van der Waals surface area contributed by atoms with Gasteiger partial charge in [0.05, 0.1) is 20.4 Å². The number of aromatic hydroxyl groups is 1. The van der Waals surface area contributed by atoms with Crippen molar-refractivity contribution < 1.29 is 5.11 Å². The van der Waals surface area contributed by atoms with E-state index in [0.717, 1.165) is 11.1 Å². The van der Waals surface area contributed by atoms with Gasteiger partial charge >= 0.3 is 0 Å². The summed E-state index contributed by atoms with van der Waals surface area (Å²) in [5.41, 5.74) is 2.08. The number of halogens is 2. The molecule has 0 saturated heterocycles. The van der Waals surface area contributed by atoms with Crippen LogP contribution in [0.4, 0.5) is 0 Å². The molecule has 2 N–H and O–H groups in total. The highest BCUT2D eigenvalue weighted by Crippen LogP contribution is 2.27. The highest BCUT2D eigenvalue weighted by Gasteiger charge is 2.09. The third-order valence-corrected chi connectivity index (χ3v) is 4.35. The molecule has 116 valence electrons. The Morgan fingerprint density at radius 3 is 2.87 bits per heavy atom. The van der Waals surface area contributed by atoms with E-state index in [1.165, 1.54) is 0 Å². The van der Waals surface area contributed by atoms with Crippen LogP contribution >= 0.6 is 27.5 Å². The maximum absolute atomic E-state index is 12.2. The predicted molar refractivity (Wildman–Crippen MR) is 96.6 cm³/mol. The molecule has 6 heteroatoms. The van der Waals surface area contributed by atoms with E-state index in [9.17, 15) is 9.90 Å². The van der Waals surface area contributed by atoms with E-state index in [4.69, 9.17) is 11.6 Å². The average Bonchev–Trinajstić information content (AvgIpc) is 2.52. The van der Waals surface area contributed by atoms with Crippen molar-refractivity contribution in [1.82, 2.24) is 9.97 Å². The van der Waals surface area contributed by atoms with Crippen LogP contribution in [-0.4, -0.2) is 15.1 Å². The van der Waals surface area contributed by atoms with Crippen molar-refractivity contribution in [2.45, 2.75) is 6.92 Å². The Morgan fingerprint density at radius 1 is 1.35 bits per heavy atom. The lowest BCUT2D eigenvalue weighted by atomic mass is 10.1. The summed E-state index contributed by atoms with van der Waals surface area (Å²) < 4.78 is 0.562. The number of para-hydroxylation sites is 1. The van der Waals surface area contributed by atoms with Gasteiger partial charge in [-0.2, -0.15) is 0 Å². The van der Waals surface area contributed by atoms with Gasteiger partial charge < -0.3 is 10.1 Å². The van der Waals surface area contributed by atoms with Crippen molar-refractivity contribution in [3.05, 3.63) is 68.2 Å². The van der Waals surface area contributed by atoms with E-state index in [1.54, 1.807) is 30.3 Å². The standard InChI is InChI=1S/C17H12BrClN2O2/c1-9-3-2-4-11-15(9)20-16(21-17(11)23)13(19)8-10-5-6-14(22)12(18)7-10/h2-8,22H,1H3,(H,20,21,23)/b13-8-. The molecule has 1 aromatic heterocycles. The molecule has 0 unspecified atom stereocenters. The quantitative estimate of drug-likeness (QED) is 0.679. The number of hydrogen-bond acceptors (Lipinski definition) is 3. The number of benzene rings is 2. The maximum Gasteiger partial charge on any atom is 0.259 e. The normalized spacial score (nSPS) is 11.9. The zero-order valence-corrected chi connectivity index (χ0v) is 14.4. The molecule has 23 heavy (non-hydrogen) atoms. The summed E-state index contributed by atoms with van der Waals surface area (Å²) >= 11 is 9.56. The van der Waals surface area contributed by atoms with Crippen LogP contribution in [0.5, 0.6) is 5.75 Å². The molecule has 0 amide bonds. The van der Waals surface area contributed by atoms with Gasteiger partial charge in [0, 0.05) is 0 Å². The molecule has 3 aromatic rings. The number of hydrogen-bond donors (Lipinski definition) is 2. The fraction of sp³-hybridized carbons (Fsp3) is 0.0588. The highest BCUT2D eigenvalue weighted by molar-refractivity contribution is 9.10. The zero-order valence-electron chi connectivity index (χ0n) is 12.1. The van der Waals surface area contributed by atoms with Gasteiger partial charge in [-0.3, -0.25) is 4.79 Å². The Bertz CT molecular complexity index is 996. The number of aryl methyl sites for hydroxylation is 1. The number of phenols is 1. The van der Waals surface area contributed by atoms with Crippen molar-refractivity contribution in [2.75, 3.05) is 0 Å². The third kappa shape index (κ3) is 3.16. The minimum atomic E-state index is -0.230. The molecular weight excluding hydrogens is 380 g/mol. The first kappa shape index (κ1) is 15.8. The van der Waals surface area contributed by atoms with Gasteiger partial charge in [-0.1, -0.05) is 29.8 Å². The van der Waals surface area contributed by atoms with Gasteiger partial charge in [-0.25, -0.2) is 4.98 Å². The molecule has 0 spiro atoms. The zero-order chi connectivity index (χ0) is 16.6. The number of fused-ring (bicyclic) bond motifs is 1. The number of rotatable bonds is 2. The Morgan fingerprint density at radius 2 is 2.13 bits per heavy atom. The predicted octanol–water partition coefficient (Wildman–Crippen LogP) is 4.44. The maximum atomic E-state index is 12.2. The summed E-state index contributed by atoms with van der Waals surface area (Å²) in [5, 5.41) is 10.4. The molecule has 4 nitrogen and oxygen atoms in total. The van der Waals surface area contributed by atoms with Gasteiger partial charge in [0.2, 0.25) is 0 Å². The van der Waals surface area contributed by atoms with Crippen molar-refractivity contribution in [3.8, 4) is 5.75 Å². The monoisotopic (exact) mass is 390 g/mol. The number of aromatic nitrogens is 2. The number of nitrogens with one attached hydrogen (secondary N) is 1. The lowest BCUT2D eigenvalue weighted by Gasteiger charge is -2.05. The van der Waals surface area contributed by atoms with Crippen LogP contribution in [0.3, 0.4) is 0 Å². The number of phenolic OH excluding ortho intramolecular Hbond substituents is 1. The fourth-order valence-electron chi connectivity index (χ4n) is 2.25. The molecule has 3 rings (SSSR count). The molecule has 0 aliphatic rings. The molecule has 0 bridgehead atoms. The summed E-state index contributed by atoms with van der Waals surface area (Å²) in [5.74, 6) is 0.453. The SMILES string of the molecule is Cc1cccc2c(=O)[nH]c(/C(Cl)=C/c3ccc(O)c(Br)c3)nc12. The van der Waals surface area contributed by atoms with Crippen LogP contribution in [0.15, 0.2) is 45.7 Å². The first-order valence-electron chi connectivity index (χ1n) is 6.81. The third-order valence-electron chi connectivity index (χ3n) is 3.43. The first-order valence-corrected chi connectivity index (χ1v) is 7.98. The molecule has 0 fully saturated rings. The fourth-order valence-corrected chi connectivity index (χ4v) is 2.86. The molecule has 0 aliphatic heterocycles. The summed E-state index contributed by atoms with van der Waals surface area (Å²) in [6, 6.07) is 10.4. The van der Waals surface area contributed by atoms with E-state index < -0.39 is 0 Å². The number of H-pyrrole nitrogens is 1. The van der Waals surface area contributed by atoms with Crippen LogP contribution in [0, 0.1) is 6.92 Å². The minimum Gasteiger partial charge on any atom is -0.507 e. The number of aromatic amines is 1. The van der Waals surface area contributed by atoms with Crippen molar-refractivity contribution in [2.24, 2.45) is 0 Å². The van der Waals surface area contributed by atoms with Crippen LogP contribution in [0.25, 0.3) is 22.0 Å². The Kier molecular flexibility index (Phi) is 4.24. The van der Waals surface area contributed by atoms with Crippen molar-refractivity contribution >= 4 is 49.5 Å². The second kappa shape index (κ2) is 6.18. The van der Waals surface area contributed by atoms with Gasteiger partial charge in [0.15, 0.2) is 5.82 Å². The molecular formula is C17H12BrClN2O2. The Labute approximate surface area is 145 Å². The Balaban J connectivity index is 2.12. The molecule has 1 heterocycles. The van der Waals surface area contributed by atoms with Crippen LogP contribution in [0.2, 0.25) is 0 Å². The highest BCUT2D eigenvalue weighted by atomic mass is 79.9. The lowest BCUT2D eigenvalue weighted by Crippen LogP contribution is -2.11. The van der Waals surface area contributed by atoms with E-state index >= 15 is 0 Å². The molecule has 0 saturated carbocycles. The number of nitrogens with zero attached hydrogens (tertiary/aromatic N) is 1. The molecule has 2 aromatic carbocycles. The summed E-state index contributed by atoms with van der Waals surface area (Å²) in [6.45, 7) is 1.90. The second-order valence-electron chi connectivity index (χ2n) is 5.09. The van der Waals surface area contributed by atoms with Gasteiger partial charge in [0.1, 0.15) is 5.75 Å². The van der Waals surface area contributed by atoms with Crippen LogP contribution in [0.1, 0.15) is 17.0 Å². The summed E-state index contributed by atoms with van der Waals surface area (Å²) in [7, 11) is 0. The van der Waals surface area contributed by atoms with Crippen LogP contribution < -0.4 is 5.56 Å². The average molecular weight is 392 g/mol. The van der Waals surface area contributed by atoms with E-state index in [-0.39, 0.29) is 11.3 Å². The van der Waals surface area contributed by atoms with Crippen molar-refractivity contribution in [1.29, 1.82) is 0 Å². The van der Waals surface area contributed by atoms with Gasteiger partial charge in [0.25, 0.3) is 5.56 Å². The minimum absolute atomic E-state index is 0.145. The van der Waals surface area contributed by atoms with Gasteiger partial charge in [-0.15, -0.1) is 0 Å². The lowest BCUT2D eigenvalue weighted by molar-refractivity contribution is 0.472. The Hall–Kier alpha value is -2.11. The molecule has 0 aliphatic carbocycles. The molecule has 0 atom stereocenters. The van der Waals surface area contributed by atoms with Crippen molar-refractivity contribution in [3.63, 3.8) is 0 Å². The first-order chi connectivity index (χ1) is 11.0. The van der Waals surface area contributed by atoms with Gasteiger partial charge in [-0.05, 0) is 58.3 Å². The van der Waals surface area contributed by atoms with E-state index in [2.05, 4.69) is 25.9 Å². The van der Waals surface area contributed by atoms with E-state index in [0.29, 0.717) is 26.2 Å². The van der Waals surface area contributed by atoms with E-state index in [1.807, 2.05) is 19.1 Å². The second-order valence-corrected chi connectivity index (χ2v) is 6.35. The largest absolute Gasteiger partial charge is 0.507 e. The smallest absolute Gasteiger partial charge is 0.259 e.